The molecule has 1 aliphatic heterocycles. The molecule has 19 heavy (non-hydrogen) atoms. The maximum absolute atomic E-state index is 14.0. The molecule has 0 aliphatic carbocycles. The van der Waals surface area contributed by atoms with E-state index in [0.29, 0.717) is 5.69 Å². The molecular formula is C13H18FN3O2. The van der Waals surface area contributed by atoms with Crippen LogP contribution >= 0.6 is 0 Å². The fraction of sp³-hybridized carbons (Fsp3) is 0.538. The molecule has 6 heteroatoms. The SMILES string of the molecule is CN(c1ccc([N+](=O)[O-])cc1F)C1CCCNCC1. The van der Waals surface area contributed by atoms with Crippen molar-refractivity contribution in [3.05, 3.63) is 34.1 Å². The summed E-state index contributed by atoms with van der Waals surface area (Å²) < 4.78 is 14.0. The van der Waals surface area contributed by atoms with E-state index in [9.17, 15) is 14.5 Å². The number of rotatable bonds is 3. The summed E-state index contributed by atoms with van der Waals surface area (Å²) in [5.41, 5.74) is 0.217. The molecule has 1 saturated heterocycles. The minimum atomic E-state index is -0.581. The lowest BCUT2D eigenvalue weighted by molar-refractivity contribution is -0.385. The molecule has 0 amide bonds. The Balaban J connectivity index is 2.18. The van der Waals surface area contributed by atoms with Crippen LogP contribution in [-0.4, -0.2) is 31.1 Å². The Kier molecular flexibility index (Phi) is 4.31. The molecule has 0 aromatic heterocycles. The van der Waals surface area contributed by atoms with Crippen LogP contribution < -0.4 is 10.2 Å². The zero-order valence-corrected chi connectivity index (χ0v) is 10.9. The van der Waals surface area contributed by atoms with Crippen LogP contribution in [0.4, 0.5) is 15.8 Å². The molecule has 2 rings (SSSR count). The Labute approximate surface area is 111 Å². The molecule has 1 aromatic rings. The van der Waals surface area contributed by atoms with Gasteiger partial charge in [0.15, 0.2) is 5.82 Å². The van der Waals surface area contributed by atoms with E-state index in [1.165, 1.54) is 12.1 Å². The molecule has 1 aromatic carbocycles. The van der Waals surface area contributed by atoms with Gasteiger partial charge in [-0.2, -0.15) is 0 Å². The maximum atomic E-state index is 14.0. The molecule has 1 N–H and O–H groups in total. The highest BCUT2D eigenvalue weighted by Crippen LogP contribution is 2.26. The number of anilines is 1. The quantitative estimate of drug-likeness (QED) is 0.674. The molecule has 0 spiro atoms. The Bertz CT molecular complexity index is 459. The molecule has 104 valence electrons. The van der Waals surface area contributed by atoms with Crippen molar-refractivity contribution in [2.75, 3.05) is 25.0 Å². The lowest BCUT2D eigenvalue weighted by Gasteiger charge is -2.29. The van der Waals surface area contributed by atoms with Crippen molar-refractivity contribution in [3.63, 3.8) is 0 Å². The van der Waals surface area contributed by atoms with E-state index < -0.39 is 10.7 Å². The van der Waals surface area contributed by atoms with Crippen molar-refractivity contribution in [3.8, 4) is 0 Å². The first-order valence-electron chi connectivity index (χ1n) is 6.47. The third-order valence-corrected chi connectivity index (χ3v) is 3.62. The van der Waals surface area contributed by atoms with Gasteiger partial charge in [0.05, 0.1) is 16.7 Å². The van der Waals surface area contributed by atoms with Crippen LogP contribution in [0.25, 0.3) is 0 Å². The number of nitrogens with one attached hydrogen (secondary N) is 1. The van der Waals surface area contributed by atoms with Crippen LogP contribution in [0.2, 0.25) is 0 Å². The molecule has 0 bridgehead atoms. The number of non-ortho nitro benzene ring substituents is 1. The Morgan fingerprint density at radius 3 is 2.89 bits per heavy atom. The van der Waals surface area contributed by atoms with Gasteiger partial charge in [-0.15, -0.1) is 0 Å². The average molecular weight is 267 g/mol. The Morgan fingerprint density at radius 2 is 2.21 bits per heavy atom. The second kappa shape index (κ2) is 5.97. The molecule has 1 atom stereocenters. The largest absolute Gasteiger partial charge is 0.369 e. The summed E-state index contributed by atoms with van der Waals surface area (Å²) in [6.07, 6.45) is 3.01. The van der Waals surface area contributed by atoms with E-state index >= 15 is 0 Å². The number of nitrogens with zero attached hydrogens (tertiary/aromatic N) is 2. The summed E-state index contributed by atoms with van der Waals surface area (Å²) in [5, 5.41) is 13.9. The lowest BCUT2D eigenvalue weighted by atomic mass is 10.1. The highest BCUT2D eigenvalue weighted by atomic mass is 19.1. The van der Waals surface area contributed by atoms with Gasteiger partial charge in [0.1, 0.15) is 0 Å². The van der Waals surface area contributed by atoms with Crippen molar-refractivity contribution in [1.82, 2.24) is 5.32 Å². The zero-order chi connectivity index (χ0) is 13.8. The normalized spacial score (nSPS) is 19.8. The van der Waals surface area contributed by atoms with Crippen LogP contribution in [0.1, 0.15) is 19.3 Å². The van der Waals surface area contributed by atoms with Crippen molar-refractivity contribution >= 4 is 11.4 Å². The topological polar surface area (TPSA) is 58.4 Å². The van der Waals surface area contributed by atoms with Gasteiger partial charge < -0.3 is 10.2 Å². The van der Waals surface area contributed by atoms with Crippen molar-refractivity contribution in [2.45, 2.75) is 25.3 Å². The number of hydrogen-bond donors (Lipinski definition) is 1. The number of benzene rings is 1. The first kappa shape index (κ1) is 13.7. The highest BCUT2D eigenvalue weighted by Gasteiger charge is 2.20. The summed E-state index contributed by atoms with van der Waals surface area (Å²) in [7, 11) is 1.85. The van der Waals surface area contributed by atoms with Gasteiger partial charge in [0.25, 0.3) is 5.69 Å². The Hall–Kier alpha value is -1.69. The van der Waals surface area contributed by atoms with E-state index in [1.54, 1.807) is 0 Å². The molecular weight excluding hydrogens is 249 g/mol. The van der Waals surface area contributed by atoms with Crippen LogP contribution in [-0.2, 0) is 0 Å². The van der Waals surface area contributed by atoms with E-state index in [-0.39, 0.29) is 11.7 Å². The summed E-state index contributed by atoms with van der Waals surface area (Å²) in [4.78, 5) is 11.9. The van der Waals surface area contributed by atoms with Crippen molar-refractivity contribution < 1.29 is 9.31 Å². The van der Waals surface area contributed by atoms with Crippen molar-refractivity contribution in [1.29, 1.82) is 0 Å². The van der Waals surface area contributed by atoms with Crippen LogP contribution in [0.3, 0.4) is 0 Å². The molecule has 0 saturated carbocycles. The monoisotopic (exact) mass is 267 g/mol. The van der Waals surface area contributed by atoms with Crippen LogP contribution in [0.5, 0.6) is 0 Å². The van der Waals surface area contributed by atoms with Gasteiger partial charge in [-0.05, 0) is 38.4 Å². The van der Waals surface area contributed by atoms with Crippen LogP contribution in [0.15, 0.2) is 18.2 Å². The molecule has 1 fully saturated rings. The molecule has 1 heterocycles. The number of halogens is 1. The van der Waals surface area contributed by atoms with E-state index in [4.69, 9.17) is 0 Å². The van der Waals surface area contributed by atoms with Gasteiger partial charge >= 0.3 is 0 Å². The van der Waals surface area contributed by atoms with Gasteiger partial charge in [0.2, 0.25) is 0 Å². The Morgan fingerprint density at radius 1 is 1.42 bits per heavy atom. The summed E-state index contributed by atoms with van der Waals surface area (Å²) in [6, 6.07) is 4.10. The fourth-order valence-corrected chi connectivity index (χ4v) is 2.48. The summed E-state index contributed by atoms with van der Waals surface area (Å²) in [5.74, 6) is -0.533. The van der Waals surface area contributed by atoms with Gasteiger partial charge in [0, 0.05) is 19.2 Å². The van der Waals surface area contributed by atoms with E-state index in [2.05, 4.69) is 5.32 Å². The first-order chi connectivity index (χ1) is 9.09. The standard InChI is InChI=1S/C13H18FN3O2/c1-16(10-3-2-7-15-8-6-10)13-5-4-11(17(18)19)9-12(13)14/h4-5,9-10,15H,2-3,6-8H2,1H3. The van der Waals surface area contributed by atoms with E-state index in [1.807, 2.05) is 11.9 Å². The second-order valence-electron chi connectivity index (χ2n) is 4.84. The van der Waals surface area contributed by atoms with Gasteiger partial charge in [-0.1, -0.05) is 0 Å². The third-order valence-electron chi connectivity index (χ3n) is 3.62. The smallest absolute Gasteiger partial charge is 0.272 e. The summed E-state index contributed by atoms with van der Waals surface area (Å²) >= 11 is 0. The second-order valence-corrected chi connectivity index (χ2v) is 4.84. The average Bonchev–Trinajstić information content (AvgIpc) is 2.66. The molecule has 0 radical (unpaired) electrons. The zero-order valence-electron chi connectivity index (χ0n) is 10.9. The maximum Gasteiger partial charge on any atom is 0.272 e. The van der Waals surface area contributed by atoms with Gasteiger partial charge in [-0.25, -0.2) is 4.39 Å². The number of nitro benzene ring substituents is 1. The molecule has 1 aliphatic rings. The first-order valence-corrected chi connectivity index (χ1v) is 6.47. The molecule has 5 nitrogen and oxygen atoms in total. The third kappa shape index (κ3) is 3.20. The fourth-order valence-electron chi connectivity index (χ4n) is 2.48. The number of nitro groups is 1. The molecule has 1 unspecified atom stereocenters. The predicted molar refractivity (Wildman–Crippen MR) is 72.0 cm³/mol. The van der Waals surface area contributed by atoms with Crippen molar-refractivity contribution in [2.24, 2.45) is 0 Å². The lowest BCUT2D eigenvalue weighted by Crippen LogP contribution is -2.33. The van der Waals surface area contributed by atoms with Crippen LogP contribution in [0, 0.1) is 15.9 Å². The minimum Gasteiger partial charge on any atom is -0.369 e. The minimum absolute atomic E-state index is 0.211. The van der Waals surface area contributed by atoms with E-state index in [0.717, 1.165) is 38.4 Å². The van der Waals surface area contributed by atoms with Gasteiger partial charge in [-0.3, -0.25) is 10.1 Å². The number of hydrogen-bond acceptors (Lipinski definition) is 4. The predicted octanol–water partition coefficient (Wildman–Crippen LogP) is 2.31. The summed E-state index contributed by atoms with van der Waals surface area (Å²) in [6.45, 7) is 1.91. The highest BCUT2D eigenvalue weighted by molar-refractivity contribution is 5.52.